The van der Waals surface area contributed by atoms with Gasteiger partial charge in [-0.15, -0.1) is 10.2 Å². The Hall–Kier alpha value is -1.69. The fourth-order valence-corrected chi connectivity index (χ4v) is 1.18. The highest BCUT2D eigenvalue weighted by molar-refractivity contribution is 5.03. The summed E-state index contributed by atoms with van der Waals surface area (Å²) < 4.78 is 0. The van der Waals surface area contributed by atoms with Gasteiger partial charge in [0.1, 0.15) is 0 Å². The molecule has 2 aromatic rings. The van der Waals surface area contributed by atoms with Gasteiger partial charge in [0.05, 0.1) is 6.04 Å². The normalized spacial score (nSPS) is 12.9. The number of nitrogens with zero attached hydrogens (tertiary/aromatic N) is 3. The van der Waals surface area contributed by atoms with Crippen LogP contribution in [0.4, 0.5) is 0 Å². The lowest BCUT2D eigenvalue weighted by Crippen LogP contribution is -2.19. The molecule has 3 N–H and O–H groups in total. The van der Waals surface area contributed by atoms with Crippen LogP contribution >= 0.6 is 0 Å². The quantitative estimate of drug-likeness (QED) is 0.654. The summed E-state index contributed by atoms with van der Waals surface area (Å²) in [5.41, 5.74) is 1.14. The first kappa shape index (κ1) is 8.89. The molecule has 0 saturated heterocycles. The van der Waals surface area contributed by atoms with E-state index >= 15 is 0 Å². The predicted molar refractivity (Wildman–Crippen MR) is 50.2 cm³/mol. The van der Waals surface area contributed by atoms with E-state index in [0.717, 1.165) is 12.2 Å². The highest BCUT2D eigenvalue weighted by Gasteiger charge is 2.08. The van der Waals surface area contributed by atoms with Crippen molar-refractivity contribution in [3.05, 3.63) is 29.8 Å². The first-order valence-electron chi connectivity index (χ1n) is 4.45. The average molecular weight is 192 g/mol. The molecular weight excluding hydrogens is 180 g/mol. The number of H-pyrrole nitrogens is 2. The molecule has 0 fully saturated rings. The molecule has 6 heteroatoms. The third-order valence-corrected chi connectivity index (χ3v) is 2.01. The van der Waals surface area contributed by atoms with Crippen LogP contribution in [-0.4, -0.2) is 25.6 Å². The van der Waals surface area contributed by atoms with Crippen molar-refractivity contribution in [1.29, 1.82) is 0 Å². The third-order valence-electron chi connectivity index (χ3n) is 2.01. The number of tetrazole rings is 1. The zero-order valence-corrected chi connectivity index (χ0v) is 7.86. The lowest BCUT2D eigenvalue weighted by molar-refractivity contribution is 0.542. The summed E-state index contributed by atoms with van der Waals surface area (Å²) in [6.45, 7) is 2.76. The molecule has 2 heterocycles. The van der Waals surface area contributed by atoms with Gasteiger partial charge in [-0.2, -0.15) is 5.21 Å². The highest BCUT2D eigenvalue weighted by Crippen LogP contribution is 2.04. The van der Waals surface area contributed by atoms with Crippen molar-refractivity contribution in [2.75, 3.05) is 0 Å². The summed E-state index contributed by atoms with van der Waals surface area (Å²) in [4.78, 5) is 3.11. The summed E-state index contributed by atoms with van der Waals surface area (Å²) >= 11 is 0. The van der Waals surface area contributed by atoms with Gasteiger partial charge in [-0.25, -0.2) is 0 Å². The molecule has 0 aromatic carbocycles. The van der Waals surface area contributed by atoms with Gasteiger partial charge in [0.2, 0.25) is 0 Å². The van der Waals surface area contributed by atoms with Crippen molar-refractivity contribution in [2.45, 2.75) is 19.5 Å². The largest absolute Gasteiger partial charge is 0.364 e. The van der Waals surface area contributed by atoms with Crippen LogP contribution in [0.3, 0.4) is 0 Å². The molecule has 14 heavy (non-hydrogen) atoms. The van der Waals surface area contributed by atoms with Gasteiger partial charge in [0, 0.05) is 18.4 Å². The Morgan fingerprint density at radius 2 is 2.50 bits per heavy atom. The van der Waals surface area contributed by atoms with Gasteiger partial charge in [-0.1, -0.05) is 5.21 Å². The fourth-order valence-electron chi connectivity index (χ4n) is 1.18. The third kappa shape index (κ3) is 1.97. The maximum absolute atomic E-state index is 3.90. The van der Waals surface area contributed by atoms with E-state index in [4.69, 9.17) is 0 Å². The van der Waals surface area contributed by atoms with Gasteiger partial charge >= 0.3 is 0 Å². The summed E-state index contributed by atoms with van der Waals surface area (Å²) in [6.07, 6.45) is 1.90. The number of aromatic nitrogens is 5. The molecule has 0 aliphatic carbocycles. The zero-order valence-electron chi connectivity index (χ0n) is 7.86. The molecule has 0 saturated carbocycles. The molecule has 74 valence electrons. The minimum absolute atomic E-state index is 0.0945. The standard InChI is InChI=1S/C8H12N6/c1-6(8-11-13-14-12-8)10-5-7-3-2-4-9-7/h2-4,6,9-10H,5H2,1H3,(H,11,12,13,14). The second-order valence-corrected chi connectivity index (χ2v) is 3.07. The highest BCUT2D eigenvalue weighted by atomic mass is 15.5. The Kier molecular flexibility index (Phi) is 2.55. The maximum Gasteiger partial charge on any atom is 0.191 e. The van der Waals surface area contributed by atoms with Crippen molar-refractivity contribution in [1.82, 2.24) is 30.9 Å². The van der Waals surface area contributed by atoms with E-state index in [0.29, 0.717) is 5.82 Å². The number of hydrogen-bond acceptors (Lipinski definition) is 4. The van der Waals surface area contributed by atoms with E-state index < -0.39 is 0 Å². The van der Waals surface area contributed by atoms with Crippen LogP contribution < -0.4 is 5.32 Å². The monoisotopic (exact) mass is 192 g/mol. The molecule has 1 unspecified atom stereocenters. The van der Waals surface area contributed by atoms with Crippen LogP contribution in [0.2, 0.25) is 0 Å². The van der Waals surface area contributed by atoms with Crippen LogP contribution in [-0.2, 0) is 6.54 Å². The van der Waals surface area contributed by atoms with Gasteiger partial charge in [0.25, 0.3) is 0 Å². The molecule has 0 radical (unpaired) electrons. The molecule has 2 aromatic heterocycles. The topological polar surface area (TPSA) is 82.3 Å². The van der Waals surface area contributed by atoms with Crippen LogP contribution in [0.1, 0.15) is 24.5 Å². The lowest BCUT2D eigenvalue weighted by atomic mass is 10.3. The smallest absolute Gasteiger partial charge is 0.191 e. The van der Waals surface area contributed by atoms with E-state index in [1.165, 1.54) is 0 Å². The Morgan fingerprint density at radius 3 is 3.14 bits per heavy atom. The van der Waals surface area contributed by atoms with Crippen molar-refractivity contribution in [3.63, 3.8) is 0 Å². The predicted octanol–water partition coefficient (Wildman–Crippen LogP) is 0.379. The fraction of sp³-hybridized carbons (Fsp3) is 0.375. The molecule has 0 amide bonds. The first-order valence-corrected chi connectivity index (χ1v) is 4.45. The minimum Gasteiger partial charge on any atom is -0.364 e. The number of aromatic amines is 2. The second-order valence-electron chi connectivity index (χ2n) is 3.07. The van der Waals surface area contributed by atoms with Gasteiger partial charge in [-0.05, 0) is 19.1 Å². The van der Waals surface area contributed by atoms with Crippen LogP contribution in [0, 0.1) is 0 Å². The van der Waals surface area contributed by atoms with Gasteiger partial charge < -0.3 is 10.3 Å². The summed E-state index contributed by atoms with van der Waals surface area (Å²) in [5.74, 6) is 0.677. The van der Waals surface area contributed by atoms with Crippen molar-refractivity contribution in [2.24, 2.45) is 0 Å². The Balaban J connectivity index is 1.87. The van der Waals surface area contributed by atoms with E-state index in [1.807, 2.05) is 25.3 Å². The molecule has 1 atom stereocenters. The SMILES string of the molecule is CC(NCc1ccc[nH]1)c1nn[nH]n1. The molecule has 0 aliphatic heterocycles. The van der Waals surface area contributed by atoms with Crippen LogP contribution in [0.25, 0.3) is 0 Å². The molecule has 0 spiro atoms. The zero-order chi connectivity index (χ0) is 9.80. The number of nitrogens with one attached hydrogen (secondary N) is 3. The summed E-state index contributed by atoms with van der Waals surface area (Å²) in [5, 5.41) is 17.0. The summed E-state index contributed by atoms with van der Waals surface area (Å²) in [6, 6.07) is 4.09. The van der Waals surface area contributed by atoms with Crippen molar-refractivity contribution < 1.29 is 0 Å². The van der Waals surface area contributed by atoms with E-state index in [1.54, 1.807) is 0 Å². The second kappa shape index (κ2) is 4.01. The Labute approximate surface area is 81.1 Å². The first-order chi connectivity index (χ1) is 6.86. The Bertz CT molecular complexity index is 351. The summed E-state index contributed by atoms with van der Waals surface area (Å²) in [7, 11) is 0. The van der Waals surface area contributed by atoms with Crippen LogP contribution in [0.5, 0.6) is 0 Å². The molecule has 0 bridgehead atoms. The van der Waals surface area contributed by atoms with E-state index in [-0.39, 0.29) is 6.04 Å². The van der Waals surface area contributed by atoms with Gasteiger partial charge in [0.15, 0.2) is 5.82 Å². The van der Waals surface area contributed by atoms with E-state index in [2.05, 4.69) is 30.9 Å². The molecule has 6 nitrogen and oxygen atoms in total. The maximum atomic E-state index is 3.90. The van der Waals surface area contributed by atoms with Crippen LogP contribution in [0.15, 0.2) is 18.3 Å². The number of rotatable bonds is 4. The number of hydrogen-bond donors (Lipinski definition) is 3. The molecule has 2 rings (SSSR count). The van der Waals surface area contributed by atoms with Crippen molar-refractivity contribution >= 4 is 0 Å². The lowest BCUT2D eigenvalue weighted by Gasteiger charge is -2.07. The Morgan fingerprint density at radius 1 is 1.57 bits per heavy atom. The minimum atomic E-state index is 0.0945. The van der Waals surface area contributed by atoms with Gasteiger partial charge in [-0.3, -0.25) is 0 Å². The molecule has 0 aliphatic rings. The van der Waals surface area contributed by atoms with E-state index in [9.17, 15) is 0 Å². The average Bonchev–Trinajstić information content (AvgIpc) is 2.87. The molecular formula is C8H12N6. The van der Waals surface area contributed by atoms with Crippen molar-refractivity contribution in [3.8, 4) is 0 Å².